The van der Waals surface area contributed by atoms with Crippen LogP contribution in [0.2, 0.25) is 0 Å². The largest absolute Gasteiger partial charge is 0.507 e. The predicted molar refractivity (Wildman–Crippen MR) is 60.2 cm³/mol. The number of thioether (sulfide) groups is 1. The third kappa shape index (κ3) is 1.99. The quantitative estimate of drug-likeness (QED) is 0.803. The predicted octanol–water partition coefficient (Wildman–Crippen LogP) is 3.45. The fourth-order valence-electron chi connectivity index (χ4n) is 1.71. The van der Waals surface area contributed by atoms with Gasteiger partial charge in [-0.3, -0.25) is 0 Å². The van der Waals surface area contributed by atoms with E-state index in [1.165, 1.54) is 30.0 Å². The number of hydrogen-bond acceptors (Lipinski definition) is 4. The minimum atomic E-state index is -4.69. The standard InChI is InChI=1S/C11H7F4NO2S/c12-10(13)11(14,15)18-8-5-6(1-2-7(8)17-10)9-16-3-4-19-9/h1-5,9,16H. The molecule has 1 N–H and O–H groups in total. The Morgan fingerprint density at radius 2 is 1.74 bits per heavy atom. The number of alkyl halides is 4. The van der Waals surface area contributed by atoms with Gasteiger partial charge in [0.15, 0.2) is 11.5 Å². The Balaban J connectivity index is 1.94. The Morgan fingerprint density at radius 1 is 1.05 bits per heavy atom. The van der Waals surface area contributed by atoms with Crippen LogP contribution in [0.1, 0.15) is 10.9 Å². The fourth-order valence-corrected chi connectivity index (χ4v) is 2.48. The Labute approximate surface area is 109 Å². The Kier molecular flexibility index (Phi) is 2.60. The van der Waals surface area contributed by atoms with Crippen LogP contribution in [0.4, 0.5) is 17.6 Å². The first-order valence-corrected chi connectivity index (χ1v) is 6.17. The normalized spacial score (nSPS) is 26.0. The van der Waals surface area contributed by atoms with Crippen LogP contribution in [0.3, 0.4) is 0 Å². The van der Waals surface area contributed by atoms with Gasteiger partial charge in [0.05, 0.1) is 0 Å². The molecular weight excluding hydrogens is 286 g/mol. The summed E-state index contributed by atoms with van der Waals surface area (Å²) in [6.07, 6.45) is -7.66. The molecule has 0 aliphatic carbocycles. The molecule has 1 atom stereocenters. The second-order valence-corrected chi connectivity index (χ2v) is 4.95. The molecule has 0 radical (unpaired) electrons. The Bertz CT molecular complexity index is 541. The molecule has 0 saturated heterocycles. The lowest BCUT2D eigenvalue weighted by atomic mass is 10.2. The molecule has 3 rings (SSSR count). The highest BCUT2D eigenvalue weighted by molar-refractivity contribution is 8.02. The van der Waals surface area contributed by atoms with Crippen LogP contribution in [-0.2, 0) is 0 Å². The third-order valence-corrected chi connectivity index (χ3v) is 3.59. The Hall–Kier alpha value is -1.57. The maximum atomic E-state index is 13.0. The van der Waals surface area contributed by atoms with E-state index in [0.717, 1.165) is 0 Å². The van der Waals surface area contributed by atoms with Gasteiger partial charge in [0.25, 0.3) is 0 Å². The molecule has 0 fully saturated rings. The van der Waals surface area contributed by atoms with E-state index in [1.54, 1.807) is 11.6 Å². The van der Waals surface area contributed by atoms with Crippen LogP contribution < -0.4 is 14.8 Å². The van der Waals surface area contributed by atoms with E-state index in [1.807, 2.05) is 0 Å². The average Bonchev–Trinajstić information content (AvgIpc) is 2.82. The minimum absolute atomic E-state index is 0.162. The van der Waals surface area contributed by atoms with Gasteiger partial charge in [-0.1, -0.05) is 6.07 Å². The summed E-state index contributed by atoms with van der Waals surface area (Å²) in [5, 5.41) is 4.60. The molecule has 0 bridgehead atoms. The average molecular weight is 293 g/mol. The number of hydrogen-bond donors (Lipinski definition) is 1. The maximum Gasteiger partial charge on any atom is 0.507 e. The molecule has 1 aromatic rings. The first-order chi connectivity index (χ1) is 8.89. The fraction of sp³-hybridized carbons (Fsp3) is 0.273. The second-order valence-electron chi connectivity index (χ2n) is 3.93. The number of fused-ring (bicyclic) bond motifs is 1. The van der Waals surface area contributed by atoms with Gasteiger partial charge in [-0.25, -0.2) is 0 Å². The molecule has 19 heavy (non-hydrogen) atoms. The van der Waals surface area contributed by atoms with Crippen LogP contribution in [0.15, 0.2) is 29.8 Å². The molecule has 8 heteroatoms. The van der Waals surface area contributed by atoms with E-state index >= 15 is 0 Å². The summed E-state index contributed by atoms with van der Waals surface area (Å²) in [5.41, 5.74) is 0.623. The smallest absolute Gasteiger partial charge is 0.421 e. The summed E-state index contributed by atoms with van der Waals surface area (Å²) < 4.78 is 60.0. The molecule has 0 spiro atoms. The van der Waals surface area contributed by atoms with Crippen molar-refractivity contribution in [3.05, 3.63) is 35.4 Å². The summed E-state index contributed by atoms with van der Waals surface area (Å²) in [6.45, 7) is 0. The Morgan fingerprint density at radius 3 is 2.37 bits per heavy atom. The van der Waals surface area contributed by atoms with Gasteiger partial charge < -0.3 is 14.8 Å². The molecule has 3 nitrogen and oxygen atoms in total. The highest BCUT2D eigenvalue weighted by Gasteiger charge is 2.65. The van der Waals surface area contributed by atoms with Crippen molar-refractivity contribution in [2.24, 2.45) is 0 Å². The molecule has 2 aliphatic heterocycles. The zero-order valence-corrected chi connectivity index (χ0v) is 10.0. The van der Waals surface area contributed by atoms with Gasteiger partial charge in [-0.05, 0) is 23.1 Å². The van der Waals surface area contributed by atoms with E-state index in [4.69, 9.17) is 0 Å². The maximum absolute atomic E-state index is 13.0. The van der Waals surface area contributed by atoms with E-state index in [-0.39, 0.29) is 5.37 Å². The second kappa shape index (κ2) is 3.96. The van der Waals surface area contributed by atoms with Crippen molar-refractivity contribution in [2.45, 2.75) is 17.6 Å². The van der Waals surface area contributed by atoms with Crippen molar-refractivity contribution in [3.63, 3.8) is 0 Å². The summed E-state index contributed by atoms with van der Waals surface area (Å²) in [5.74, 6) is -0.807. The zero-order chi connectivity index (χ0) is 13.7. The van der Waals surface area contributed by atoms with Crippen molar-refractivity contribution >= 4 is 11.8 Å². The topological polar surface area (TPSA) is 30.5 Å². The molecule has 102 valence electrons. The molecule has 0 aromatic heterocycles. The lowest BCUT2D eigenvalue weighted by Gasteiger charge is -2.32. The molecule has 1 aromatic carbocycles. The van der Waals surface area contributed by atoms with Crippen molar-refractivity contribution in [3.8, 4) is 11.5 Å². The molecule has 0 saturated carbocycles. The van der Waals surface area contributed by atoms with Crippen molar-refractivity contribution in [1.82, 2.24) is 5.32 Å². The van der Waals surface area contributed by atoms with E-state index < -0.39 is 23.7 Å². The van der Waals surface area contributed by atoms with Crippen LogP contribution >= 0.6 is 11.8 Å². The van der Waals surface area contributed by atoms with Crippen LogP contribution in [0.5, 0.6) is 11.5 Å². The number of ether oxygens (including phenoxy) is 2. The van der Waals surface area contributed by atoms with Crippen LogP contribution in [-0.4, -0.2) is 12.2 Å². The molecule has 0 amide bonds. The summed E-state index contributed by atoms with van der Waals surface area (Å²) in [7, 11) is 0. The van der Waals surface area contributed by atoms with Crippen LogP contribution in [0, 0.1) is 0 Å². The third-order valence-electron chi connectivity index (χ3n) is 2.62. The number of nitrogens with one attached hydrogen (secondary N) is 1. The van der Waals surface area contributed by atoms with E-state index in [2.05, 4.69) is 14.8 Å². The van der Waals surface area contributed by atoms with Gasteiger partial charge in [0.1, 0.15) is 5.37 Å². The number of benzene rings is 1. The molecule has 2 heterocycles. The van der Waals surface area contributed by atoms with E-state index in [0.29, 0.717) is 5.56 Å². The first kappa shape index (κ1) is 12.5. The molecule has 2 aliphatic rings. The summed E-state index contributed by atoms with van der Waals surface area (Å²) in [6, 6.07) is 3.96. The minimum Gasteiger partial charge on any atom is -0.421 e. The SMILES string of the molecule is FC1(F)Oc2ccc(C3NC=CS3)cc2OC1(F)F. The van der Waals surface area contributed by atoms with Crippen molar-refractivity contribution < 1.29 is 27.0 Å². The van der Waals surface area contributed by atoms with Gasteiger partial charge in [0, 0.05) is 6.20 Å². The van der Waals surface area contributed by atoms with Gasteiger partial charge >= 0.3 is 12.2 Å². The zero-order valence-electron chi connectivity index (χ0n) is 9.20. The van der Waals surface area contributed by atoms with Crippen LogP contribution in [0.25, 0.3) is 0 Å². The monoisotopic (exact) mass is 293 g/mol. The lowest BCUT2D eigenvalue weighted by molar-refractivity contribution is -0.391. The number of rotatable bonds is 1. The van der Waals surface area contributed by atoms with E-state index in [9.17, 15) is 17.6 Å². The van der Waals surface area contributed by atoms with Gasteiger partial charge in [-0.15, -0.1) is 11.8 Å². The highest BCUT2D eigenvalue weighted by Crippen LogP contribution is 2.48. The molecular formula is C11H7F4NO2S. The summed E-state index contributed by atoms with van der Waals surface area (Å²) >= 11 is 1.42. The highest BCUT2D eigenvalue weighted by atomic mass is 32.2. The van der Waals surface area contributed by atoms with Gasteiger partial charge in [-0.2, -0.15) is 17.6 Å². The van der Waals surface area contributed by atoms with Crippen molar-refractivity contribution in [2.75, 3.05) is 0 Å². The summed E-state index contributed by atoms with van der Waals surface area (Å²) in [4.78, 5) is 0. The number of halogens is 4. The van der Waals surface area contributed by atoms with Gasteiger partial charge in [0.2, 0.25) is 0 Å². The lowest BCUT2D eigenvalue weighted by Crippen LogP contribution is -2.52. The first-order valence-electron chi connectivity index (χ1n) is 5.23. The molecule has 1 unspecified atom stereocenters. The van der Waals surface area contributed by atoms with Crippen molar-refractivity contribution in [1.29, 1.82) is 0 Å².